The molecule has 0 bridgehead atoms. The quantitative estimate of drug-likeness (QED) is 0.254. The van der Waals surface area contributed by atoms with Crippen LogP contribution >= 0.6 is 11.8 Å². The second kappa shape index (κ2) is 14.2. The van der Waals surface area contributed by atoms with E-state index in [1.165, 1.54) is 56.0 Å². The van der Waals surface area contributed by atoms with E-state index >= 15 is 0 Å². The third-order valence-electron chi connectivity index (χ3n) is 5.16. The molecule has 6 nitrogen and oxygen atoms in total. The first-order chi connectivity index (χ1) is 15.4. The van der Waals surface area contributed by atoms with E-state index in [2.05, 4.69) is 51.7 Å². The van der Waals surface area contributed by atoms with E-state index in [9.17, 15) is 4.79 Å². The smallest absolute Gasteiger partial charge is 0.407 e. The van der Waals surface area contributed by atoms with Gasteiger partial charge in [0.25, 0.3) is 0 Å². The first kappa shape index (κ1) is 26.2. The minimum atomic E-state index is -0.515. The highest BCUT2D eigenvalue weighted by molar-refractivity contribution is 7.99. The number of alkyl carbamates (subject to hydrolysis) is 1. The lowest BCUT2D eigenvalue weighted by Crippen LogP contribution is -2.40. The molecular weight excluding hydrogens is 420 g/mol. The van der Waals surface area contributed by atoms with Crippen LogP contribution in [0.4, 0.5) is 4.79 Å². The molecule has 0 aliphatic heterocycles. The molecule has 1 aromatic heterocycles. The normalized spacial score (nSPS) is 12.5. The lowest BCUT2D eigenvalue weighted by Gasteiger charge is -2.23. The Kier molecular flexibility index (Phi) is 11.6. The summed E-state index contributed by atoms with van der Waals surface area (Å²) in [6, 6.07) is 8.92. The zero-order valence-corrected chi connectivity index (χ0v) is 21.0. The number of unbranched alkanes of at least 4 members (excludes halogenated alkanes) is 5. The van der Waals surface area contributed by atoms with Gasteiger partial charge in [-0.2, -0.15) is 5.10 Å². The van der Waals surface area contributed by atoms with Gasteiger partial charge in [0.1, 0.15) is 11.9 Å². The summed E-state index contributed by atoms with van der Waals surface area (Å²) in [7, 11) is 0. The molecule has 1 heterocycles. The number of hydrogen-bond donors (Lipinski definition) is 2. The van der Waals surface area contributed by atoms with Gasteiger partial charge in [-0.15, -0.1) is 0 Å². The SMILES string of the molecule is CCCCCCCCc1ccc(CCC(CSc2ncn[nH]2)NC(=O)OC(C)(C)C)cc1. The van der Waals surface area contributed by atoms with Crippen LogP contribution in [0.25, 0.3) is 0 Å². The predicted molar refractivity (Wildman–Crippen MR) is 132 cm³/mol. The minimum absolute atomic E-state index is 0.0252. The number of H-pyrrole nitrogens is 1. The van der Waals surface area contributed by atoms with Crippen LogP contribution in [0.2, 0.25) is 0 Å². The molecule has 1 amide bonds. The van der Waals surface area contributed by atoms with Crippen LogP contribution in [0.5, 0.6) is 0 Å². The average Bonchev–Trinajstić information content (AvgIpc) is 3.26. The highest BCUT2D eigenvalue weighted by Crippen LogP contribution is 2.17. The number of amides is 1. The molecule has 0 spiro atoms. The molecule has 2 rings (SSSR count). The number of hydrogen-bond acceptors (Lipinski definition) is 5. The summed E-state index contributed by atoms with van der Waals surface area (Å²) in [4.78, 5) is 16.4. The Morgan fingerprint density at radius 3 is 2.34 bits per heavy atom. The van der Waals surface area contributed by atoms with Crippen LogP contribution < -0.4 is 5.32 Å². The summed E-state index contributed by atoms with van der Waals surface area (Å²) in [6.07, 6.45) is 12.0. The standard InChI is InChI=1S/C25H40N4O2S/c1-5-6-7-8-9-10-11-20-12-14-21(15-13-20)16-17-22(18-32-23-26-19-27-29-23)28-24(30)31-25(2,3)4/h12-15,19,22H,5-11,16-18H2,1-4H3,(H,28,30)(H,26,27,29). The van der Waals surface area contributed by atoms with Crippen molar-refractivity contribution in [3.63, 3.8) is 0 Å². The fourth-order valence-electron chi connectivity index (χ4n) is 3.44. The lowest BCUT2D eigenvalue weighted by atomic mass is 10.0. The number of carbonyl (C=O) groups excluding carboxylic acids is 1. The lowest BCUT2D eigenvalue weighted by molar-refractivity contribution is 0.0507. The fraction of sp³-hybridized carbons (Fsp3) is 0.640. The first-order valence-electron chi connectivity index (χ1n) is 11.9. The van der Waals surface area contributed by atoms with Crippen LogP contribution in [0.3, 0.4) is 0 Å². The first-order valence-corrected chi connectivity index (χ1v) is 12.9. The van der Waals surface area contributed by atoms with Crippen LogP contribution in [0.1, 0.15) is 83.8 Å². The van der Waals surface area contributed by atoms with Gasteiger partial charge in [-0.25, -0.2) is 9.78 Å². The van der Waals surface area contributed by atoms with Crippen molar-refractivity contribution in [3.8, 4) is 0 Å². The van der Waals surface area contributed by atoms with E-state index in [1.54, 1.807) is 11.8 Å². The second-order valence-corrected chi connectivity index (χ2v) is 10.3. The zero-order chi connectivity index (χ0) is 23.2. The van der Waals surface area contributed by atoms with Crippen molar-refractivity contribution in [2.24, 2.45) is 0 Å². The van der Waals surface area contributed by atoms with Gasteiger partial charge in [-0.1, -0.05) is 75.1 Å². The number of nitrogens with zero attached hydrogens (tertiary/aromatic N) is 2. The molecule has 0 aliphatic carbocycles. The van der Waals surface area contributed by atoms with Crippen molar-refractivity contribution < 1.29 is 9.53 Å². The second-order valence-electron chi connectivity index (χ2n) is 9.32. The fourth-order valence-corrected chi connectivity index (χ4v) is 4.29. The summed E-state index contributed by atoms with van der Waals surface area (Å²) < 4.78 is 5.45. The largest absolute Gasteiger partial charge is 0.444 e. The highest BCUT2D eigenvalue weighted by Gasteiger charge is 2.20. The van der Waals surface area contributed by atoms with E-state index in [-0.39, 0.29) is 12.1 Å². The van der Waals surface area contributed by atoms with Crippen molar-refractivity contribution in [2.75, 3.05) is 5.75 Å². The highest BCUT2D eigenvalue weighted by atomic mass is 32.2. The maximum atomic E-state index is 12.3. The Morgan fingerprint density at radius 1 is 1.06 bits per heavy atom. The maximum absolute atomic E-state index is 12.3. The summed E-state index contributed by atoms with van der Waals surface area (Å²) in [5.74, 6) is 0.699. The molecule has 0 radical (unpaired) electrons. The van der Waals surface area contributed by atoms with Gasteiger partial charge in [0.05, 0.1) is 0 Å². The number of thioether (sulfide) groups is 1. The Hall–Kier alpha value is -2.02. The number of rotatable bonds is 14. The van der Waals surface area contributed by atoms with Gasteiger partial charge in [0.15, 0.2) is 5.16 Å². The maximum Gasteiger partial charge on any atom is 0.407 e. The van der Waals surface area contributed by atoms with Crippen molar-refractivity contribution in [2.45, 2.75) is 102 Å². The summed E-state index contributed by atoms with van der Waals surface area (Å²) in [6.45, 7) is 7.87. The monoisotopic (exact) mass is 460 g/mol. The number of ether oxygens (including phenoxy) is 1. The van der Waals surface area contributed by atoms with Crippen LogP contribution in [0.15, 0.2) is 35.7 Å². The summed E-state index contributed by atoms with van der Waals surface area (Å²) in [5, 5.41) is 10.5. The Balaban J connectivity index is 1.81. The summed E-state index contributed by atoms with van der Waals surface area (Å²) >= 11 is 1.55. The molecule has 32 heavy (non-hydrogen) atoms. The van der Waals surface area contributed by atoms with Gasteiger partial charge in [0, 0.05) is 11.8 Å². The van der Waals surface area contributed by atoms with E-state index in [4.69, 9.17) is 4.74 Å². The third-order valence-corrected chi connectivity index (χ3v) is 6.20. The Bertz CT molecular complexity index is 757. The molecule has 1 atom stereocenters. The van der Waals surface area contributed by atoms with E-state index in [0.29, 0.717) is 5.75 Å². The molecule has 2 aromatic rings. The average molecular weight is 461 g/mol. The number of carbonyl (C=O) groups is 1. The molecule has 7 heteroatoms. The predicted octanol–water partition coefficient (Wildman–Crippen LogP) is 6.33. The molecular formula is C25H40N4O2S. The van der Waals surface area contributed by atoms with Gasteiger partial charge in [-0.3, -0.25) is 5.10 Å². The molecule has 1 aromatic carbocycles. The molecule has 0 fully saturated rings. The van der Waals surface area contributed by atoms with Crippen molar-refractivity contribution in [1.82, 2.24) is 20.5 Å². The number of aromatic nitrogens is 3. The van der Waals surface area contributed by atoms with E-state index in [1.807, 2.05) is 20.8 Å². The number of aryl methyl sites for hydroxylation is 2. The molecule has 0 saturated carbocycles. The molecule has 0 saturated heterocycles. The van der Waals surface area contributed by atoms with Crippen LogP contribution in [-0.4, -0.2) is 38.7 Å². The van der Waals surface area contributed by atoms with Crippen molar-refractivity contribution in [1.29, 1.82) is 0 Å². The number of aromatic amines is 1. The van der Waals surface area contributed by atoms with Crippen molar-refractivity contribution >= 4 is 17.9 Å². The van der Waals surface area contributed by atoms with Crippen LogP contribution in [0, 0.1) is 0 Å². The van der Waals surface area contributed by atoms with E-state index < -0.39 is 5.60 Å². The number of nitrogens with one attached hydrogen (secondary N) is 2. The molecule has 1 unspecified atom stereocenters. The summed E-state index contributed by atoms with van der Waals surface area (Å²) in [5.41, 5.74) is 2.18. The van der Waals surface area contributed by atoms with Gasteiger partial charge in [-0.05, 0) is 57.6 Å². The Morgan fingerprint density at radius 2 is 1.72 bits per heavy atom. The van der Waals surface area contributed by atoms with Crippen molar-refractivity contribution in [3.05, 3.63) is 41.7 Å². The molecule has 178 valence electrons. The van der Waals surface area contributed by atoms with Gasteiger partial charge >= 0.3 is 6.09 Å². The number of benzene rings is 1. The third kappa shape index (κ3) is 11.6. The minimum Gasteiger partial charge on any atom is -0.444 e. The van der Waals surface area contributed by atoms with Crippen LogP contribution in [-0.2, 0) is 17.6 Å². The van der Waals surface area contributed by atoms with E-state index in [0.717, 1.165) is 24.4 Å². The topological polar surface area (TPSA) is 79.9 Å². The van der Waals surface area contributed by atoms with Gasteiger partial charge in [0.2, 0.25) is 0 Å². The molecule has 2 N–H and O–H groups in total. The Labute approximate surface area is 197 Å². The van der Waals surface area contributed by atoms with Gasteiger partial charge < -0.3 is 10.1 Å². The zero-order valence-electron chi connectivity index (χ0n) is 20.2. The molecule has 0 aliphatic rings.